The average Bonchev–Trinajstić information content (AvgIpc) is 3.02. The normalized spacial score (nSPS) is 16.2. The van der Waals surface area contributed by atoms with Crippen molar-refractivity contribution in [1.82, 2.24) is 9.88 Å². The van der Waals surface area contributed by atoms with Gasteiger partial charge in [-0.2, -0.15) is 13.2 Å². The number of aryl methyl sites for hydroxylation is 1. The van der Waals surface area contributed by atoms with E-state index in [1.807, 2.05) is 0 Å². The van der Waals surface area contributed by atoms with E-state index in [2.05, 4.69) is 4.98 Å². The number of benzene rings is 1. The first-order valence-electron chi connectivity index (χ1n) is 7.85. The summed E-state index contributed by atoms with van der Waals surface area (Å²) in [6.07, 6.45) is -2.61. The zero-order chi connectivity index (χ0) is 19.1. The van der Waals surface area contributed by atoms with E-state index >= 15 is 0 Å². The first kappa shape index (κ1) is 17.9. The van der Waals surface area contributed by atoms with Crippen LogP contribution in [0.3, 0.4) is 0 Å². The number of carbonyl (C=O) groups excluding carboxylic acids is 1. The number of aromatic nitrogens is 1. The zero-order valence-electron chi connectivity index (χ0n) is 13.7. The number of hydrogen-bond donors (Lipinski definition) is 1. The molecule has 136 valence electrons. The third kappa shape index (κ3) is 3.14. The number of pyridine rings is 1. The minimum absolute atomic E-state index is 0.0776. The van der Waals surface area contributed by atoms with Gasteiger partial charge in [0.05, 0.1) is 17.2 Å². The van der Waals surface area contributed by atoms with Crippen LogP contribution in [-0.2, 0) is 12.6 Å². The van der Waals surface area contributed by atoms with Gasteiger partial charge in [0.15, 0.2) is 5.69 Å². The summed E-state index contributed by atoms with van der Waals surface area (Å²) in [5.41, 5.74) is -0.131. The summed E-state index contributed by atoms with van der Waals surface area (Å²) in [5, 5.41) is 9.14. The van der Waals surface area contributed by atoms with Crippen LogP contribution in [0.25, 0.3) is 0 Å². The van der Waals surface area contributed by atoms with Crippen molar-refractivity contribution in [2.24, 2.45) is 0 Å². The first-order valence-corrected chi connectivity index (χ1v) is 7.85. The van der Waals surface area contributed by atoms with Crippen molar-refractivity contribution in [1.29, 1.82) is 0 Å². The molecule has 26 heavy (non-hydrogen) atoms. The molecule has 3 rings (SSSR count). The fraction of sp³-hybridized carbons (Fsp3) is 0.278. The fourth-order valence-electron chi connectivity index (χ4n) is 3.25. The SMILES string of the molecule is CN(C(=O)c1cccnc1C(F)(F)F)[C@@H]1CCc2ccc(C(=O)O)cc21. The lowest BCUT2D eigenvalue weighted by Gasteiger charge is -2.26. The quantitative estimate of drug-likeness (QED) is 0.904. The summed E-state index contributed by atoms with van der Waals surface area (Å²) in [7, 11) is 1.42. The van der Waals surface area contributed by atoms with Crippen molar-refractivity contribution in [3.05, 3.63) is 64.5 Å². The van der Waals surface area contributed by atoms with Gasteiger partial charge in [-0.3, -0.25) is 9.78 Å². The van der Waals surface area contributed by atoms with Crippen LogP contribution in [0.1, 0.15) is 50.0 Å². The Labute approximate surface area is 147 Å². The number of aromatic carboxylic acids is 1. The van der Waals surface area contributed by atoms with Gasteiger partial charge in [0.25, 0.3) is 5.91 Å². The van der Waals surface area contributed by atoms with Crippen molar-refractivity contribution in [3.8, 4) is 0 Å². The van der Waals surface area contributed by atoms with E-state index in [-0.39, 0.29) is 5.56 Å². The molecular weight excluding hydrogens is 349 g/mol. The van der Waals surface area contributed by atoms with Gasteiger partial charge in [-0.25, -0.2) is 4.79 Å². The smallest absolute Gasteiger partial charge is 0.434 e. The number of carboxylic acid groups (broad SMARTS) is 1. The van der Waals surface area contributed by atoms with E-state index in [0.29, 0.717) is 18.4 Å². The lowest BCUT2D eigenvalue weighted by molar-refractivity contribution is -0.141. The van der Waals surface area contributed by atoms with E-state index in [9.17, 15) is 22.8 Å². The number of nitrogens with zero attached hydrogens (tertiary/aromatic N) is 2. The Morgan fingerprint density at radius 2 is 2.00 bits per heavy atom. The highest BCUT2D eigenvalue weighted by atomic mass is 19.4. The van der Waals surface area contributed by atoms with Crippen molar-refractivity contribution in [3.63, 3.8) is 0 Å². The van der Waals surface area contributed by atoms with Crippen LogP contribution < -0.4 is 0 Å². The molecule has 0 spiro atoms. The molecular formula is C18H15F3N2O3. The third-order valence-electron chi connectivity index (χ3n) is 4.53. The topological polar surface area (TPSA) is 70.5 Å². The highest BCUT2D eigenvalue weighted by Crippen LogP contribution is 2.37. The number of carbonyl (C=O) groups is 2. The molecule has 0 saturated heterocycles. The first-order chi connectivity index (χ1) is 12.2. The van der Waals surface area contributed by atoms with Crippen molar-refractivity contribution in [2.75, 3.05) is 7.05 Å². The van der Waals surface area contributed by atoms with E-state index in [1.54, 1.807) is 6.07 Å². The van der Waals surface area contributed by atoms with Gasteiger partial charge in [0.2, 0.25) is 0 Å². The van der Waals surface area contributed by atoms with Gasteiger partial charge in [0, 0.05) is 13.2 Å². The molecule has 2 aromatic rings. The molecule has 1 aliphatic rings. The van der Waals surface area contributed by atoms with Gasteiger partial charge in [-0.1, -0.05) is 6.07 Å². The van der Waals surface area contributed by atoms with Crippen LogP contribution in [0.2, 0.25) is 0 Å². The summed E-state index contributed by atoms with van der Waals surface area (Å²) >= 11 is 0. The molecule has 0 radical (unpaired) electrons. The summed E-state index contributed by atoms with van der Waals surface area (Å²) < 4.78 is 39.4. The number of alkyl halides is 3. The van der Waals surface area contributed by atoms with Gasteiger partial charge >= 0.3 is 12.1 Å². The Morgan fingerprint density at radius 3 is 2.65 bits per heavy atom. The second kappa shape index (κ2) is 6.44. The van der Waals surface area contributed by atoms with Crippen LogP contribution in [0.4, 0.5) is 13.2 Å². The van der Waals surface area contributed by atoms with Gasteiger partial charge in [0.1, 0.15) is 0 Å². The average molecular weight is 364 g/mol. The monoisotopic (exact) mass is 364 g/mol. The maximum Gasteiger partial charge on any atom is 0.434 e. The maximum atomic E-state index is 13.1. The highest BCUT2D eigenvalue weighted by molar-refractivity contribution is 5.95. The van der Waals surface area contributed by atoms with Crippen molar-refractivity contribution >= 4 is 11.9 Å². The number of rotatable bonds is 3. The van der Waals surface area contributed by atoms with E-state index in [0.717, 1.165) is 17.8 Å². The molecule has 1 amide bonds. The molecule has 1 N–H and O–H groups in total. The molecule has 0 aliphatic heterocycles. The molecule has 1 aliphatic carbocycles. The number of amides is 1. The molecule has 0 bridgehead atoms. The summed E-state index contributed by atoms with van der Waals surface area (Å²) in [6.45, 7) is 0. The molecule has 0 fully saturated rings. The number of halogens is 3. The van der Waals surface area contributed by atoms with Crippen molar-refractivity contribution < 1.29 is 27.9 Å². The Hall–Kier alpha value is -2.90. The van der Waals surface area contributed by atoms with Crippen LogP contribution in [0, 0.1) is 0 Å². The van der Waals surface area contributed by atoms with E-state index in [1.165, 1.54) is 30.1 Å². The van der Waals surface area contributed by atoms with E-state index < -0.39 is 35.4 Å². The number of carboxylic acids is 1. The Balaban J connectivity index is 1.96. The van der Waals surface area contributed by atoms with E-state index in [4.69, 9.17) is 5.11 Å². The molecule has 1 atom stereocenters. The standard InChI is InChI=1S/C18H15F3N2O3/c1-23(16(24)12-3-2-8-22-15(12)18(19,20)21)14-7-6-10-4-5-11(17(25)26)9-13(10)14/h2-5,8-9,14H,6-7H2,1H3,(H,25,26)/t14-/m1/s1. The minimum atomic E-state index is -4.74. The molecule has 1 heterocycles. The third-order valence-corrected chi connectivity index (χ3v) is 4.53. The molecule has 0 unspecified atom stereocenters. The Morgan fingerprint density at radius 1 is 1.27 bits per heavy atom. The Bertz CT molecular complexity index is 880. The lowest BCUT2D eigenvalue weighted by atomic mass is 10.0. The minimum Gasteiger partial charge on any atom is -0.478 e. The number of fused-ring (bicyclic) bond motifs is 1. The van der Waals surface area contributed by atoms with Gasteiger partial charge in [-0.15, -0.1) is 0 Å². The predicted octanol–water partition coefficient (Wildman–Crippen LogP) is 3.56. The van der Waals surface area contributed by atoms with Crippen LogP contribution in [0.5, 0.6) is 0 Å². The second-order valence-electron chi connectivity index (χ2n) is 6.09. The summed E-state index contributed by atoms with van der Waals surface area (Å²) in [5.74, 6) is -1.90. The highest BCUT2D eigenvalue weighted by Gasteiger charge is 2.39. The van der Waals surface area contributed by atoms with Crippen LogP contribution in [0.15, 0.2) is 36.5 Å². The largest absolute Gasteiger partial charge is 0.478 e. The van der Waals surface area contributed by atoms with Crippen LogP contribution >= 0.6 is 0 Å². The molecule has 8 heteroatoms. The van der Waals surface area contributed by atoms with Crippen LogP contribution in [-0.4, -0.2) is 33.9 Å². The predicted molar refractivity (Wildman–Crippen MR) is 85.8 cm³/mol. The number of hydrogen-bond acceptors (Lipinski definition) is 3. The summed E-state index contributed by atoms with van der Waals surface area (Å²) in [6, 6.07) is 6.53. The zero-order valence-corrected chi connectivity index (χ0v) is 13.7. The van der Waals surface area contributed by atoms with Crippen molar-refractivity contribution in [2.45, 2.75) is 25.1 Å². The maximum absolute atomic E-state index is 13.1. The molecule has 0 saturated carbocycles. The summed E-state index contributed by atoms with van der Waals surface area (Å²) in [4.78, 5) is 28.4. The molecule has 5 nitrogen and oxygen atoms in total. The Kier molecular flexibility index (Phi) is 4.43. The van der Waals surface area contributed by atoms with Gasteiger partial charge in [-0.05, 0) is 48.2 Å². The second-order valence-corrected chi connectivity index (χ2v) is 6.09. The lowest BCUT2D eigenvalue weighted by Crippen LogP contribution is -2.32. The molecule has 1 aromatic heterocycles. The molecule has 1 aromatic carbocycles. The fourth-order valence-corrected chi connectivity index (χ4v) is 3.25. The van der Waals surface area contributed by atoms with Gasteiger partial charge < -0.3 is 10.0 Å².